The number of hydrogen-bond acceptors (Lipinski definition) is 4. The van der Waals surface area contributed by atoms with Gasteiger partial charge in [0.05, 0.1) is 5.56 Å². The number of carbonyl (C=O) groups is 3. The first-order valence-corrected chi connectivity index (χ1v) is 8.73. The fraction of sp³-hybridized carbons (Fsp3) is 0.250. The highest BCUT2D eigenvalue weighted by Crippen LogP contribution is 2.30. The molecule has 1 N–H and O–H groups in total. The summed E-state index contributed by atoms with van der Waals surface area (Å²) in [6.07, 6.45) is 0.934. The van der Waals surface area contributed by atoms with E-state index in [-0.39, 0.29) is 17.6 Å². The summed E-state index contributed by atoms with van der Waals surface area (Å²) in [5.41, 5.74) is 1.36. The normalized spacial score (nSPS) is 14.4. The van der Waals surface area contributed by atoms with Crippen molar-refractivity contribution < 1.29 is 19.1 Å². The minimum absolute atomic E-state index is 0.00232. The van der Waals surface area contributed by atoms with E-state index in [0.29, 0.717) is 21.8 Å². The number of hydrogen-bond donors (Lipinski definition) is 1. The third-order valence-corrected chi connectivity index (χ3v) is 4.37. The number of amides is 1. The van der Waals surface area contributed by atoms with Crippen molar-refractivity contribution >= 4 is 34.9 Å². The van der Waals surface area contributed by atoms with Gasteiger partial charge in [-0.05, 0) is 68.3 Å². The highest BCUT2D eigenvalue weighted by Gasteiger charge is 2.29. The number of anilines is 1. The fourth-order valence-electron chi connectivity index (χ4n) is 2.41. The smallest absolute Gasteiger partial charge is 0.338 e. The first-order valence-electron chi connectivity index (χ1n) is 8.36. The fourth-order valence-corrected chi connectivity index (χ4v) is 2.54. The minimum atomic E-state index is -0.919. The SMILES string of the molecule is CC(OC(=O)c1ccc(NC(=O)C2CC2)cc1)C(=O)c1ccc(Cl)cc1. The van der Waals surface area contributed by atoms with Gasteiger partial charge in [-0.2, -0.15) is 0 Å². The highest BCUT2D eigenvalue weighted by atomic mass is 35.5. The average molecular weight is 372 g/mol. The molecule has 1 saturated carbocycles. The Kier molecular flexibility index (Phi) is 5.38. The Bertz CT molecular complexity index is 826. The summed E-state index contributed by atoms with van der Waals surface area (Å²) in [5, 5.41) is 3.33. The Morgan fingerprint density at radius 1 is 1.00 bits per heavy atom. The van der Waals surface area contributed by atoms with Crippen LogP contribution in [0.5, 0.6) is 0 Å². The van der Waals surface area contributed by atoms with Crippen LogP contribution in [0.1, 0.15) is 40.5 Å². The number of halogens is 1. The van der Waals surface area contributed by atoms with Crippen LogP contribution in [0.4, 0.5) is 5.69 Å². The second-order valence-corrected chi connectivity index (χ2v) is 6.70. The van der Waals surface area contributed by atoms with Crippen LogP contribution in [-0.2, 0) is 9.53 Å². The molecule has 1 fully saturated rings. The average Bonchev–Trinajstić information content (AvgIpc) is 3.47. The molecule has 6 heteroatoms. The van der Waals surface area contributed by atoms with Gasteiger partial charge in [-0.15, -0.1) is 0 Å². The summed E-state index contributed by atoms with van der Waals surface area (Å²) >= 11 is 5.80. The van der Waals surface area contributed by atoms with Crippen molar-refractivity contribution in [1.82, 2.24) is 0 Å². The number of ether oxygens (including phenoxy) is 1. The van der Waals surface area contributed by atoms with E-state index in [1.54, 1.807) is 48.5 Å². The quantitative estimate of drug-likeness (QED) is 0.612. The molecule has 2 aromatic rings. The van der Waals surface area contributed by atoms with E-state index in [0.717, 1.165) is 12.8 Å². The van der Waals surface area contributed by atoms with Crippen molar-refractivity contribution in [3.05, 3.63) is 64.7 Å². The van der Waals surface area contributed by atoms with Crippen molar-refractivity contribution in [2.45, 2.75) is 25.9 Å². The third kappa shape index (κ3) is 4.49. The van der Waals surface area contributed by atoms with E-state index in [2.05, 4.69) is 5.32 Å². The lowest BCUT2D eigenvalue weighted by Crippen LogP contribution is -2.24. The summed E-state index contributed by atoms with van der Waals surface area (Å²) < 4.78 is 5.24. The van der Waals surface area contributed by atoms with Crippen molar-refractivity contribution in [2.75, 3.05) is 5.32 Å². The Morgan fingerprint density at radius 2 is 1.58 bits per heavy atom. The number of esters is 1. The van der Waals surface area contributed by atoms with Crippen LogP contribution in [0.25, 0.3) is 0 Å². The Labute approximate surface area is 156 Å². The molecule has 0 saturated heterocycles. The predicted molar refractivity (Wildman–Crippen MR) is 98.5 cm³/mol. The molecule has 134 valence electrons. The molecule has 0 bridgehead atoms. The molecule has 5 nitrogen and oxygen atoms in total. The predicted octanol–water partition coefficient (Wildman–Crippen LogP) is 4.12. The summed E-state index contributed by atoms with van der Waals surface area (Å²) in [4.78, 5) is 36.2. The molecular weight excluding hydrogens is 354 g/mol. The van der Waals surface area contributed by atoms with E-state index in [4.69, 9.17) is 16.3 Å². The van der Waals surface area contributed by atoms with Gasteiger partial charge < -0.3 is 10.1 Å². The molecule has 1 aliphatic rings. The third-order valence-electron chi connectivity index (χ3n) is 4.12. The number of benzene rings is 2. The first kappa shape index (κ1) is 18.1. The zero-order valence-corrected chi connectivity index (χ0v) is 15.0. The van der Waals surface area contributed by atoms with Crippen LogP contribution in [-0.4, -0.2) is 23.8 Å². The van der Waals surface area contributed by atoms with Gasteiger partial charge in [-0.3, -0.25) is 9.59 Å². The van der Waals surface area contributed by atoms with Crippen LogP contribution in [0.3, 0.4) is 0 Å². The van der Waals surface area contributed by atoms with Gasteiger partial charge in [0.15, 0.2) is 6.10 Å². The molecule has 3 rings (SSSR count). The first-order chi connectivity index (χ1) is 12.4. The summed E-state index contributed by atoms with van der Waals surface area (Å²) in [6.45, 7) is 1.53. The van der Waals surface area contributed by atoms with Gasteiger partial charge in [-0.1, -0.05) is 11.6 Å². The van der Waals surface area contributed by atoms with Crippen molar-refractivity contribution in [3.63, 3.8) is 0 Å². The van der Waals surface area contributed by atoms with Crippen LogP contribution < -0.4 is 5.32 Å². The molecule has 0 aromatic heterocycles. The zero-order chi connectivity index (χ0) is 18.7. The second-order valence-electron chi connectivity index (χ2n) is 6.26. The molecule has 1 atom stereocenters. The number of ketones is 1. The minimum Gasteiger partial charge on any atom is -0.451 e. The molecule has 2 aromatic carbocycles. The monoisotopic (exact) mass is 371 g/mol. The van der Waals surface area contributed by atoms with Gasteiger partial charge in [-0.25, -0.2) is 4.79 Å². The number of nitrogens with one attached hydrogen (secondary N) is 1. The van der Waals surface area contributed by atoms with Crippen LogP contribution >= 0.6 is 11.6 Å². The van der Waals surface area contributed by atoms with E-state index in [1.807, 2.05) is 0 Å². The maximum Gasteiger partial charge on any atom is 0.338 e. The molecule has 0 spiro atoms. The molecular formula is C20H18ClNO4. The highest BCUT2D eigenvalue weighted by molar-refractivity contribution is 6.30. The lowest BCUT2D eigenvalue weighted by Gasteiger charge is -2.13. The maximum absolute atomic E-state index is 12.3. The molecule has 1 aliphatic carbocycles. The van der Waals surface area contributed by atoms with Crippen LogP contribution in [0, 0.1) is 5.92 Å². The Morgan fingerprint density at radius 3 is 2.15 bits per heavy atom. The summed E-state index contributed by atoms with van der Waals surface area (Å²) in [7, 11) is 0. The van der Waals surface area contributed by atoms with Crippen molar-refractivity contribution in [3.8, 4) is 0 Å². The topological polar surface area (TPSA) is 72.5 Å². The molecule has 0 heterocycles. The number of rotatable bonds is 6. The van der Waals surface area contributed by atoms with Gasteiger partial charge >= 0.3 is 5.97 Å². The molecule has 0 radical (unpaired) electrons. The standard InChI is InChI=1S/C20H18ClNO4/c1-12(18(23)13-4-8-16(21)9-5-13)26-20(25)15-6-10-17(11-7-15)22-19(24)14-2-3-14/h4-12,14H,2-3H2,1H3,(H,22,24). The maximum atomic E-state index is 12.3. The van der Waals surface area contributed by atoms with E-state index in [1.165, 1.54) is 6.92 Å². The van der Waals surface area contributed by atoms with Crippen LogP contribution in [0.2, 0.25) is 5.02 Å². The van der Waals surface area contributed by atoms with Crippen LogP contribution in [0.15, 0.2) is 48.5 Å². The van der Waals surface area contributed by atoms with E-state index >= 15 is 0 Å². The van der Waals surface area contributed by atoms with Gasteiger partial charge in [0, 0.05) is 22.2 Å². The number of carbonyl (C=O) groups excluding carboxylic acids is 3. The number of Topliss-reactive ketones (excluding diaryl/α,β-unsaturated/α-hetero) is 1. The van der Waals surface area contributed by atoms with Crippen molar-refractivity contribution in [1.29, 1.82) is 0 Å². The molecule has 0 aliphatic heterocycles. The Balaban J connectivity index is 1.58. The van der Waals surface area contributed by atoms with Gasteiger partial charge in [0.2, 0.25) is 11.7 Å². The van der Waals surface area contributed by atoms with Crippen molar-refractivity contribution in [2.24, 2.45) is 5.92 Å². The Hall–Kier alpha value is -2.66. The van der Waals surface area contributed by atoms with Gasteiger partial charge in [0.25, 0.3) is 0 Å². The summed E-state index contributed by atoms with van der Waals surface area (Å²) in [5.74, 6) is -0.787. The van der Waals surface area contributed by atoms with Gasteiger partial charge in [0.1, 0.15) is 0 Å². The van der Waals surface area contributed by atoms with E-state index in [9.17, 15) is 14.4 Å². The lowest BCUT2D eigenvalue weighted by molar-refractivity contribution is -0.117. The molecule has 1 amide bonds. The summed E-state index contributed by atoms with van der Waals surface area (Å²) in [6, 6.07) is 12.8. The largest absolute Gasteiger partial charge is 0.451 e. The zero-order valence-electron chi connectivity index (χ0n) is 14.2. The lowest BCUT2D eigenvalue weighted by atomic mass is 10.1. The second kappa shape index (κ2) is 7.70. The van der Waals surface area contributed by atoms with E-state index < -0.39 is 12.1 Å². The molecule has 1 unspecified atom stereocenters. The molecule has 26 heavy (non-hydrogen) atoms.